The summed E-state index contributed by atoms with van der Waals surface area (Å²) in [7, 11) is 0. The van der Waals surface area contributed by atoms with Gasteiger partial charge in [-0.05, 0) is 48.0 Å². The number of phenols is 2. The number of para-hydroxylation sites is 1. The quantitative estimate of drug-likeness (QED) is 0.408. The second kappa shape index (κ2) is 6.03. The van der Waals surface area contributed by atoms with Gasteiger partial charge in [-0.2, -0.15) is 0 Å². The SMILES string of the molecule is O=c1ccc2c(c1)oc1c(-c3cccc(O)c3)cc(-c3ccccc3O)[nH]c12. The number of hydrogen-bond donors (Lipinski definition) is 3. The Morgan fingerprint density at radius 2 is 1.68 bits per heavy atom. The first-order chi connectivity index (χ1) is 13.6. The first kappa shape index (κ1) is 16.2. The molecule has 0 unspecified atom stereocenters. The lowest BCUT2D eigenvalue weighted by atomic mass is 10.0. The van der Waals surface area contributed by atoms with Gasteiger partial charge in [0.15, 0.2) is 11.0 Å². The number of aromatic hydroxyl groups is 2. The Kier molecular flexibility index (Phi) is 3.49. The molecular formula is C23H15NO4. The van der Waals surface area contributed by atoms with Gasteiger partial charge in [-0.25, -0.2) is 0 Å². The van der Waals surface area contributed by atoms with Crippen LogP contribution >= 0.6 is 0 Å². The van der Waals surface area contributed by atoms with Gasteiger partial charge < -0.3 is 19.6 Å². The molecular weight excluding hydrogens is 354 g/mol. The highest BCUT2D eigenvalue weighted by molar-refractivity contribution is 6.08. The van der Waals surface area contributed by atoms with Crippen LogP contribution in [0.4, 0.5) is 0 Å². The standard InChI is InChI=1S/C23H15NO4/c25-14-5-3-4-13(10-14)18-12-19(16-6-1-2-7-20(16)27)24-22-17-9-8-15(26)11-21(17)28-23(18)22/h1-12,24-25,27H. The predicted octanol–water partition coefficient (Wildman–Crippen LogP) is 5.02. The van der Waals surface area contributed by atoms with Gasteiger partial charge in [0, 0.05) is 22.6 Å². The second-order valence-corrected chi connectivity index (χ2v) is 6.63. The Morgan fingerprint density at radius 3 is 2.50 bits per heavy atom. The fourth-order valence-corrected chi connectivity index (χ4v) is 3.51. The lowest BCUT2D eigenvalue weighted by Gasteiger charge is -2.10. The van der Waals surface area contributed by atoms with Gasteiger partial charge in [0.2, 0.25) is 0 Å². The molecule has 3 N–H and O–H groups in total. The van der Waals surface area contributed by atoms with Gasteiger partial charge >= 0.3 is 0 Å². The van der Waals surface area contributed by atoms with E-state index in [0.717, 1.165) is 16.5 Å². The minimum Gasteiger partial charge on any atom is -0.508 e. The summed E-state index contributed by atoms with van der Waals surface area (Å²) in [6.45, 7) is 0. The molecule has 0 aliphatic carbocycles. The summed E-state index contributed by atoms with van der Waals surface area (Å²) in [5, 5.41) is 21.0. The van der Waals surface area contributed by atoms with E-state index in [0.29, 0.717) is 27.9 Å². The molecule has 2 heterocycles. The minimum absolute atomic E-state index is 0.133. The van der Waals surface area contributed by atoms with Crippen molar-refractivity contribution in [2.75, 3.05) is 0 Å². The van der Waals surface area contributed by atoms with Gasteiger partial charge in [-0.1, -0.05) is 24.3 Å². The fourth-order valence-electron chi connectivity index (χ4n) is 3.51. The van der Waals surface area contributed by atoms with E-state index in [4.69, 9.17) is 4.42 Å². The Hall–Kier alpha value is -3.99. The highest BCUT2D eigenvalue weighted by atomic mass is 16.3. The van der Waals surface area contributed by atoms with Crippen molar-refractivity contribution >= 4 is 22.1 Å². The highest BCUT2D eigenvalue weighted by Crippen LogP contribution is 2.39. The molecule has 5 nitrogen and oxygen atoms in total. The number of aromatic amines is 1. The zero-order valence-electron chi connectivity index (χ0n) is 14.6. The molecule has 0 fully saturated rings. The van der Waals surface area contributed by atoms with Crippen LogP contribution in [-0.4, -0.2) is 15.2 Å². The molecule has 5 aromatic rings. The largest absolute Gasteiger partial charge is 0.508 e. The predicted molar refractivity (Wildman–Crippen MR) is 109 cm³/mol. The van der Waals surface area contributed by atoms with E-state index in [9.17, 15) is 15.0 Å². The zero-order valence-corrected chi connectivity index (χ0v) is 14.6. The molecule has 0 saturated heterocycles. The molecule has 0 radical (unpaired) electrons. The number of aromatic nitrogens is 1. The topological polar surface area (TPSA) is 86.5 Å². The second-order valence-electron chi connectivity index (χ2n) is 6.63. The van der Waals surface area contributed by atoms with Crippen molar-refractivity contribution in [1.29, 1.82) is 0 Å². The normalized spacial score (nSPS) is 11.3. The van der Waals surface area contributed by atoms with Crippen LogP contribution in [0.3, 0.4) is 0 Å². The Balaban J connectivity index is 1.92. The summed E-state index contributed by atoms with van der Waals surface area (Å²) < 4.78 is 6.00. The number of pyridine rings is 1. The Labute approximate surface area is 159 Å². The van der Waals surface area contributed by atoms with Crippen molar-refractivity contribution in [3.8, 4) is 33.9 Å². The average molecular weight is 369 g/mol. The number of benzene rings is 3. The van der Waals surface area contributed by atoms with Crippen molar-refractivity contribution < 1.29 is 14.6 Å². The lowest BCUT2D eigenvalue weighted by molar-refractivity contribution is 0.475. The first-order valence-electron chi connectivity index (χ1n) is 8.77. The van der Waals surface area contributed by atoms with Crippen molar-refractivity contribution in [1.82, 2.24) is 4.98 Å². The molecule has 0 amide bonds. The number of furan rings is 1. The Morgan fingerprint density at radius 1 is 0.821 bits per heavy atom. The van der Waals surface area contributed by atoms with Gasteiger partial charge in [-0.15, -0.1) is 0 Å². The number of hydrogen-bond acceptors (Lipinski definition) is 4. The number of rotatable bonds is 2. The zero-order chi connectivity index (χ0) is 19.3. The number of nitrogens with one attached hydrogen (secondary N) is 1. The monoisotopic (exact) mass is 369 g/mol. The minimum atomic E-state index is -0.133. The lowest BCUT2D eigenvalue weighted by Crippen LogP contribution is -1.92. The summed E-state index contributed by atoms with van der Waals surface area (Å²) >= 11 is 0. The third-order valence-corrected chi connectivity index (χ3v) is 4.81. The van der Waals surface area contributed by atoms with Crippen LogP contribution < -0.4 is 5.43 Å². The third-order valence-electron chi connectivity index (χ3n) is 4.81. The van der Waals surface area contributed by atoms with E-state index in [-0.39, 0.29) is 16.9 Å². The van der Waals surface area contributed by atoms with Crippen LogP contribution in [0.2, 0.25) is 0 Å². The van der Waals surface area contributed by atoms with Gasteiger partial charge in [0.1, 0.15) is 17.1 Å². The number of H-pyrrole nitrogens is 1. The van der Waals surface area contributed by atoms with E-state index in [1.807, 2.05) is 24.3 Å². The van der Waals surface area contributed by atoms with Gasteiger partial charge in [-0.3, -0.25) is 4.79 Å². The van der Waals surface area contributed by atoms with E-state index in [2.05, 4.69) is 4.98 Å². The maximum atomic E-state index is 11.8. The van der Waals surface area contributed by atoms with Crippen molar-refractivity contribution in [3.05, 3.63) is 83.0 Å². The van der Waals surface area contributed by atoms with Crippen molar-refractivity contribution in [2.24, 2.45) is 0 Å². The van der Waals surface area contributed by atoms with Gasteiger partial charge in [0.05, 0.1) is 11.2 Å². The molecule has 5 rings (SSSR count). The number of fused-ring (bicyclic) bond motifs is 3. The molecule has 3 aromatic carbocycles. The summed E-state index contributed by atoms with van der Waals surface area (Å²) in [4.78, 5) is 15.1. The van der Waals surface area contributed by atoms with E-state index in [1.165, 1.54) is 12.1 Å². The van der Waals surface area contributed by atoms with Crippen molar-refractivity contribution in [2.45, 2.75) is 0 Å². The van der Waals surface area contributed by atoms with Crippen LogP contribution in [0.15, 0.2) is 82.0 Å². The third kappa shape index (κ3) is 2.53. The molecule has 136 valence electrons. The highest BCUT2D eigenvalue weighted by Gasteiger charge is 2.17. The van der Waals surface area contributed by atoms with E-state index in [1.54, 1.807) is 36.4 Å². The average Bonchev–Trinajstić information content (AvgIpc) is 3.05. The summed E-state index contributed by atoms with van der Waals surface area (Å²) in [5.41, 5.74) is 4.47. The van der Waals surface area contributed by atoms with E-state index < -0.39 is 0 Å². The molecule has 0 aliphatic rings. The smallest absolute Gasteiger partial charge is 0.182 e. The maximum absolute atomic E-state index is 11.8. The molecule has 0 atom stereocenters. The molecule has 28 heavy (non-hydrogen) atoms. The molecule has 0 saturated carbocycles. The molecule has 0 spiro atoms. The summed E-state index contributed by atoms with van der Waals surface area (Å²) in [5.74, 6) is 0.287. The van der Waals surface area contributed by atoms with Crippen molar-refractivity contribution in [3.63, 3.8) is 0 Å². The summed E-state index contributed by atoms with van der Waals surface area (Å²) in [6, 6.07) is 20.5. The fraction of sp³-hybridized carbons (Fsp3) is 0. The maximum Gasteiger partial charge on any atom is 0.182 e. The van der Waals surface area contributed by atoms with E-state index >= 15 is 0 Å². The number of phenolic OH excluding ortho intramolecular Hbond substituents is 2. The van der Waals surface area contributed by atoms with Crippen LogP contribution in [-0.2, 0) is 0 Å². The Bertz CT molecular complexity index is 1410. The summed E-state index contributed by atoms with van der Waals surface area (Å²) in [6.07, 6.45) is 0. The van der Waals surface area contributed by atoms with Crippen LogP contribution in [0, 0.1) is 0 Å². The molecule has 5 heteroatoms. The van der Waals surface area contributed by atoms with Crippen LogP contribution in [0.1, 0.15) is 0 Å². The first-order valence-corrected chi connectivity index (χ1v) is 8.77. The molecule has 2 aromatic heterocycles. The van der Waals surface area contributed by atoms with Gasteiger partial charge in [0.25, 0.3) is 0 Å². The molecule has 0 bridgehead atoms. The van der Waals surface area contributed by atoms with Crippen LogP contribution in [0.25, 0.3) is 44.5 Å². The molecule has 0 aliphatic heterocycles. The van der Waals surface area contributed by atoms with Crippen LogP contribution in [0.5, 0.6) is 11.5 Å².